The van der Waals surface area contributed by atoms with Crippen LogP contribution in [0.15, 0.2) is 24.3 Å². The summed E-state index contributed by atoms with van der Waals surface area (Å²) in [5.74, 6) is 0. The van der Waals surface area contributed by atoms with Crippen LogP contribution in [-0.2, 0) is 10.0 Å². The Balaban J connectivity index is 0.00000676. The first-order valence-electron chi connectivity index (χ1n) is 9.86. The Bertz CT molecular complexity index is 613. The molecule has 1 aromatic carbocycles. The fourth-order valence-electron chi connectivity index (χ4n) is 3.35. The van der Waals surface area contributed by atoms with E-state index in [1.165, 1.54) is 38.8 Å². The van der Waals surface area contributed by atoms with Crippen molar-refractivity contribution in [3.8, 4) is 0 Å². The van der Waals surface area contributed by atoms with Gasteiger partial charge in [-0.15, -0.1) is 0 Å². The summed E-state index contributed by atoms with van der Waals surface area (Å²) in [6, 6.07) is 7.01. The summed E-state index contributed by atoms with van der Waals surface area (Å²) in [6.45, 7) is 11.1. The van der Waals surface area contributed by atoms with Crippen molar-refractivity contribution < 1.29 is 35.0 Å². The van der Waals surface area contributed by atoms with Crippen LogP contribution in [0.25, 0.3) is 0 Å². The summed E-state index contributed by atoms with van der Waals surface area (Å²) in [6.07, 6.45) is 6.17. The number of aliphatic hydroxyl groups is 1. The smallest absolute Gasteiger partial charge is 0.229 e. The van der Waals surface area contributed by atoms with Crippen molar-refractivity contribution in [2.45, 2.75) is 59.0 Å². The molecule has 0 aliphatic heterocycles. The van der Waals surface area contributed by atoms with Gasteiger partial charge in [0.2, 0.25) is 10.0 Å². The third kappa shape index (κ3) is 9.92. The number of unbranched alkanes of at least 4 members (excludes halogenated alkanes) is 2. The van der Waals surface area contributed by atoms with Gasteiger partial charge in [-0.25, -0.2) is 8.42 Å². The first kappa shape index (κ1) is 26.4. The van der Waals surface area contributed by atoms with Gasteiger partial charge in [0.1, 0.15) is 0 Å². The van der Waals surface area contributed by atoms with Gasteiger partial charge in [-0.3, -0.25) is 4.72 Å². The normalized spacial score (nSPS) is 13.1. The molecule has 0 amide bonds. The van der Waals surface area contributed by atoms with Crippen molar-refractivity contribution in [2.75, 3.05) is 37.2 Å². The number of aliphatic hydroxyl groups excluding tert-OH is 1. The van der Waals surface area contributed by atoms with Crippen LogP contribution in [0.4, 0.5) is 5.69 Å². The average molecular weight is 465 g/mol. The molecule has 27 heavy (non-hydrogen) atoms. The molecule has 0 heterocycles. The van der Waals surface area contributed by atoms with E-state index in [-0.39, 0.29) is 17.0 Å². The van der Waals surface area contributed by atoms with Gasteiger partial charge in [-0.1, -0.05) is 38.8 Å². The molecule has 2 N–H and O–H groups in total. The maximum absolute atomic E-state index is 11.3. The number of nitrogens with zero attached hydrogens (tertiary/aromatic N) is 1. The Kier molecular flexibility index (Phi) is 12.5. The lowest BCUT2D eigenvalue weighted by atomic mass is 10.0. The molecular weight excluding hydrogens is 428 g/mol. The monoisotopic (exact) mass is 464 g/mol. The van der Waals surface area contributed by atoms with Gasteiger partial charge in [-0.05, 0) is 37.5 Å². The highest BCUT2D eigenvalue weighted by atomic mass is 79.9. The number of rotatable bonds is 13. The summed E-state index contributed by atoms with van der Waals surface area (Å²) in [5.41, 5.74) is 1.36. The third-order valence-electron chi connectivity index (χ3n) is 5.12. The summed E-state index contributed by atoms with van der Waals surface area (Å²) >= 11 is 0. The first-order chi connectivity index (χ1) is 12.2. The fraction of sp³-hybridized carbons (Fsp3) is 0.700. The predicted octanol–water partition coefficient (Wildman–Crippen LogP) is 0.923. The van der Waals surface area contributed by atoms with Crippen LogP contribution in [0.1, 0.15) is 64.5 Å². The summed E-state index contributed by atoms with van der Waals surface area (Å²) in [7, 11) is -3.28. The molecule has 0 fully saturated rings. The predicted molar refractivity (Wildman–Crippen MR) is 110 cm³/mol. The van der Waals surface area contributed by atoms with E-state index in [9.17, 15) is 13.5 Å². The number of nitrogens with one attached hydrogen (secondary N) is 1. The van der Waals surface area contributed by atoms with Crippen LogP contribution < -0.4 is 21.7 Å². The van der Waals surface area contributed by atoms with Gasteiger partial charge in [0, 0.05) is 12.1 Å². The molecule has 5 nitrogen and oxygen atoms in total. The Labute approximate surface area is 176 Å². The van der Waals surface area contributed by atoms with Crippen molar-refractivity contribution in [2.24, 2.45) is 0 Å². The molecule has 1 atom stereocenters. The van der Waals surface area contributed by atoms with Crippen LogP contribution in [-0.4, -0.2) is 50.4 Å². The highest BCUT2D eigenvalue weighted by molar-refractivity contribution is 7.92. The molecule has 0 bridgehead atoms. The van der Waals surface area contributed by atoms with E-state index >= 15 is 0 Å². The average Bonchev–Trinajstić information content (AvgIpc) is 2.60. The zero-order chi connectivity index (χ0) is 19.6. The lowest BCUT2D eigenvalue weighted by Crippen LogP contribution is -3.00. The molecular formula is C20H37BrN2O3S. The second kappa shape index (κ2) is 12.8. The zero-order valence-electron chi connectivity index (χ0n) is 17.2. The third-order valence-corrected chi connectivity index (χ3v) is 5.72. The molecule has 0 saturated heterocycles. The number of halogens is 1. The van der Waals surface area contributed by atoms with Gasteiger partial charge in [0.15, 0.2) is 0 Å². The number of hydrogen-bond acceptors (Lipinski definition) is 3. The molecule has 0 spiro atoms. The maximum Gasteiger partial charge on any atom is 0.229 e. The first-order valence-corrected chi connectivity index (χ1v) is 11.7. The van der Waals surface area contributed by atoms with E-state index in [0.717, 1.165) is 35.8 Å². The zero-order valence-corrected chi connectivity index (χ0v) is 19.7. The maximum atomic E-state index is 11.3. The Morgan fingerprint density at radius 1 is 1.00 bits per heavy atom. The van der Waals surface area contributed by atoms with E-state index in [0.29, 0.717) is 5.69 Å². The number of sulfonamides is 1. The van der Waals surface area contributed by atoms with Gasteiger partial charge in [0.25, 0.3) is 0 Å². The second-order valence-corrected chi connectivity index (χ2v) is 9.08. The van der Waals surface area contributed by atoms with E-state index in [4.69, 9.17) is 0 Å². The number of anilines is 1. The van der Waals surface area contributed by atoms with E-state index < -0.39 is 16.1 Å². The van der Waals surface area contributed by atoms with Crippen LogP contribution >= 0.6 is 0 Å². The molecule has 1 unspecified atom stereocenters. The highest BCUT2D eigenvalue weighted by Crippen LogP contribution is 2.23. The quantitative estimate of drug-likeness (QED) is 0.426. The van der Waals surface area contributed by atoms with Crippen molar-refractivity contribution in [1.29, 1.82) is 0 Å². The molecule has 0 aliphatic rings. The largest absolute Gasteiger partial charge is 1.00 e. The van der Waals surface area contributed by atoms with Crippen LogP contribution in [0.2, 0.25) is 0 Å². The summed E-state index contributed by atoms with van der Waals surface area (Å²) in [4.78, 5) is 0. The SMILES string of the molecule is CCCC[N+](CC)(CCCC)CCC(O)c1ccc(NS(C)(=O)=O)cc1.[Br-]. The van der Waals surface area contributed by atoms with Crippen molar-refractivity contribution in [3.63, 3.8) is 0 Å². The minimum Gasteiger partial charge on any atom is -1.00 e. The topological polar surface area (TPSA) is 66.4 Å². The minimum absolute atomic E-state index is 0. The number of hydrogen-bond donors (Lipinski definition) is 2. The van der Waals surface area contributed by atoms with E-state index in [2.05, 4.69) is 25.5 Å². The van der Waals surface area contributed by atoms with Crippen molar-refractivity contribution >= 4 is 15.7 Å². The highest BCUT2D eigenvalue weighted by Gasteiger charge is 2.25. The number of quaternary nitrogens is 1. The Morgan fingerprint density at radius 3 is 1.93 bits per heavy atom. The number of benzene rings is 1. The molecule has 0 saturated carbocycles. The van der Waals surface area contributed by atoms with Crippen LogP contribution in [0.3, 0.4) is 0 Å². The van der Waals surface area contributed by atoms with Gasteiger partial charge >= 0.3 is 0 Å². The fourth-order valence-corrected chi connectivity index (χ4v) is 3.91. The molecule has 158 valence electrons. The summed E-state index contributed by atoms with van der Waals surface area (Å²) in [5, 5.41) is 10.6. The van der Waals surface area contributed by atoms with Crippen molar-refractivity contribution in [1.82, 2.24) is 0 Å². The Hall–Kier alpha value is -0.630. The van der Waals surface area contributed by atoms with Crippen LogP contribution in [0.5, 0.6) is 0 Å². The molecule has 0 aliphatic carbocycles. The lowest BCUT2D eigenvalue weighted by Gasteiger charge is -2.38. The second-order valence-electron chi connectivity index (χ2n) is 7.34. The molecule has 1 aromatic rings. The van der Waals surface area contributed by atoms with E-state index in [1.54, 1.807) is 24.3 Å². The standard InChI is InChI=1S/C20H37N2O3S.BrH/c1-5-8-15-22(7-3,16-9-6-2)17-14-20(23)18-10-12-19(13-11-18)21-26(4,24)25;/h10-13,20-21,23H,5-9,14-17H2,1-4H3;1H/q+1;/p-1. The summed E-state index contributed by atoms with van der Waals surface area (Å²) < 4.78 is 26.1. The molecule has 0 aromatic heterocycles. The van der Waals surface area contributed by atoms with Gasteiger partial charge < -0.3 is 26.6 Å². The molecule has 0 radical (unpaired) electrons. The van der Waals surface area contributed by atoms with E-state index in [1.807, 2.05) is 0 Å². The minimum atomic E-state index is -3.28. The van der Waals surface area contributed by atoms with Crippen LogP contribution in [0, 0.1) is 0 Å². The molecule has 1 rings (SSSR count). The Morgan fingerprint density at radius 2 is 1.52 bits per heavy atom. The van der Waals surface area contributed by atoms with Gasteiger partial charge in [-0.2, -0.15) is 0 Å². The molecule has 7 heteroatoms. The lowest BCUT2D eigenvalue weighted by molar-refractivity contribution is -0.927. The van der Waals surface area contributed by atoms with Crippen molar-refractivity contribution in [3.05, 3.63) is 29.8 Å². The van der Waals surface area contributed by atoms with Gasteiger partial charge in [0.05, 0.1) is 38.5 Å².